The van der Waals surface area contributed by atoms with Gasteiger partial charge in [-0.25, -0.2) is 0 Å². The molecule has 3 nitrogen and oxygen atoms in total. The summed E-state index contributed by atoms with van der Waals surface area (Å²) in [6.45, 7) is 6.57. The van der Waals surface area contributed by atoms with Gasteiger partial charge in [-0.15, -0.1) is 6.58 Å². The number of nitrogens with zero attached hydrogens (tertiary/aromatic N) is 1. The van der Waals surface area contributed by atoms with E-state index in [1.54, 1.807) is 0 Å². The molecule has 0 aliphatic carbocycles. The second-order valence-corrected chi connectivity index (χ2v) is 5.70. The zero-order valence-corrected chi connectivity index (χ0v) is 12.7. The molecule has 0 saturated carbocycles. The molecular weight excluding hydrogens is 250 g/mol. The second-order valence-electron chi connectivity index (χ2n) is 5.70. The van der Waals surface area contributed by atoms with Gasteiger partial charge in [-0.2, -0.15) is 0 Å². The van der Waals surface area contributed by atoms with Crippen LogP contribution in [-0.2, 0) is 9.59 Å². The van der Waals surface area contributed by atoms with E-state index >= 15 is 0 Å². The number of unbranched alkanes of at least 4 members (excludes halogenated alkanes) is 7. The average molecular weight is 277 g/mol. The molecule has 1 heterocycles. The predicted molar refractivity (Wildman–Crippen MR) is 82.2 cm³/mol. The predicted octanol–water partition coefficient (Wildman–Crippen LogP) is 4.00. The van der Waals surface area contributed by atoms with Gasteiger partial charge in [0.2, 0.25) is 0 Å². The van der Waals surface area contributed by atoms with E-state index in [9.17, 15) is 9.59 Å². The lowest BCUT2D eigenvalue weighted by atomic mass is 10.1. The zero-order valence-electron chi connectivity index (χ0n) is 12.7. The van der Waals surface area contributed by atoms with Crippen molar-refractivity contribution >= 4 is 11.8 Å². The summed E-state index contributed by atoms with van der Waals surface area (Å²) in [5.41, 5.74) is 1.28. The average Bonchev–Trinajstić information content (AvgIpc) is 2.71. The van der Waals surface area contributed by atoms with Crippen molar-refractivity contribution in [1.82, 2.24) is 4.90 Å². The molecule has 1 aliphatic heterocycles. The van der Waals surface area contributed by atoms with Gasteiger partial charge >= 0.3 is 0 Å². The van der Waals surface area contributed by atoms with E-state index in [1.165, 1.54) is 61.1 Å². The smallest absolute Gasteiger partial charge is 0.253 e. The first-order valence-electron chi connectivity index (χ1n) is 7.79. The van der Waals surface area contributed by atoms with Gasteiger partial charge in [0.05, 0.1) is 0 Å². The van der Waals surface area contributed by atoms with Gasteiger partial charge in [-0.3, -0.25) is 14.5 Å². The third-order valence-electron chi connectivity index (χ3n) is 3.64. The molecule has 1 rings (SSSR count). The van der Waals surface area contributed by atoms with E-state index < -0.39 is 0 Å². The lowest BCUT2D eigenvalue weighted by Gasteiger charge is -2.12. The topological polar surface area (TPSA) is 37.4 Å². The molecule has 0 aromatic rings. The maximum absolute atomic E-state index is 11.3. The van der Waals surface area contributed by atoms with E-state index in [1.807, 2.05) is 0 Å². The maximum Gasteiger partial charge on any atom is 0.253 e. The molecular formula is C17H27NO2. The molecule has 112 valence electrons. The van der Waals surface area contributed by atoms with Gasteiger partial charge < -0.3 is 0 Å². The summed E-state index contributed by atoms with van der Waals surface area (Å²) in [5.74, 6) is -0.319. The van der Waals surface area contributed by atoms with Crippen molar-refractivity contribution < 1.29 is 9.59 Å². The normalized spacial score (nSPS) is 14.3. The van der Waals surface area contributed by atoms with E-state index in [-0.39, 0.29) is 11.8 Å². The molecule has 0 aromatic heterocycles. The molecule has 0 saturated heterocycles. The Morgan fingerprint density at radius 1 is 0.900 bits per heavy atom. The first-order chi connectivity index (χ1) is 9.61. The van der Waals surface area contributed by atoms with Crippen LogP contribution in [0.4, 0.5) is 0 Å². The quantitative estimate of drug-likeness (QED) is 0.325. The van der Waals surface area contributed by atoms with E-state index in [2.05, 4.69) is 13.5 Å². The summed E-state index contributed by atoms with van der Waals surface area (Å²) in [6, 6.07) is 0. The van der Waals surface area contributed by atoms with Crippen LogP contribution < -0.4 is 0 Å². The van der Waals surface area contributed by atoms with Crippen molar-refractivity contribution in [2.75, 3.05) is 6.54 Å². The van der Waals surface area contributed by atoms with Crippen LogP contribution in [0.5, 0.6) is 0 Å². The van der Waals surface area contributed by atoms with Gasteiger partial charge in [0.25, 0.3) is 11.8 Å². The fourth-order valence-electron chi connectivity index (χ4n) is 2.41. The number of hydrogen-bond acceptors (Lipinski definition) is 2. The Bertz CT molecular complexity index is 353. The van der Waals surface area contributed by atoms with E-state index in [0.717, 1.165) is 19.3 Å². The Kier molecular flexibility index (Phi) is 7.93. The van der Waals surface area contributed by atoms with Crippen LogP contribution in [0, 0.1) is 0 Å². The van der Waals surface area contributed by atoms with Crippen molar-refractivity contribution in [2.45, 2.75) is 64.7 Å². The fourth-order valence-corrected chi connectivity index (χ4v) is 2.41. The molecule has 20 heavy (non-hydrogen) atoms. The molecule has 0 fully saturated rings. The minimum absolute atomic E-state index is 0.160. The lowest BCUT2D eigenvalue weighted by Crippen LogP contribution is -2.30. The number of hydrogen-bond donors (Lipinski definition) is 0. The lowest BCUT2D eigenvalue weighted by molar-refractivity contribution is -0.136. The summed E-state index contributed by atoms with van der Waals surface area (Å²) in [4.78, 5) is 24.0. The molecule has 0 N–H and O–H groups in total. The Balaban J connectivity index is 1.87. The molecule has 2 amide bonds. The Morgan fingerprint density at radius 2 is 1.35 bits per heavy atom. The Labute approximate surface area is 122 Å². The molecule has 0 radical (unpaired) electrons. The molecule has 0 spiro atoms. The molecule has 0 unspecified atom stereocenters. The third kappa shape index (κ3) is 6.69. The van der Waals surface area contributed by atoms with Crippen LogP contribution >= 0.6 is 0 Å². The fraction of sp³-hybridized carbons (Fsp3) is 0.647. The highest BCUT2D eigenvalue weighted by atomic mass is 16.2. The standard InChI is InChI=1S/C17H27NO2/c1-15(2)11-9-7-5-3-4-6-8-10-14-18-16(19)12-13-17(18)20/h12-13H,1,3-11,14H2,2H3. The number of allylic oxidation sites excluding steroid dienone is 1. The van der Waals surface area contributed by atoms with Crippen molar-refractivity contribution in [3.8, 4) is 0 Å². The van der Waals surface area contributed by atoms with Crippen molar-refractivity contribution in [3.63, 3.8) is 0 Å². The number of amides is 2. The Morgan fingerprint density at radius 3 is 1.85 bits per heavy atom. The Hall–Kier alpha value is -1.38. The molecule has 0 atom stereocenters. The van der Waals surface area contributed by atoms with Gasteiger partial charge in [0.15, 0.2) is 0 Å². The van der Waals surface area contributed by atoms with Crippen LogP contribution in [0.2, 0.25) is 0 Å². The van der Waals surface area contributed by atoms with Crippen molar-refractivity contribution in [1.29, 1.82) is 0 Å². The number of rotatable bonds is 11. The van der Waals surface area contributed by atoms with Gasteiger partial charge in [-0.1, -0.05) is 44.1 Å². The highest BCUT2D eigenvalue weighted by Crippen LogP contribution is 2.12. The third-order valence-corrected chi connectivity index (χ3v) is 3.64. The number of carbonyl (C=O) groups excluding carboxylic acids is 2. The molecule has 0 bridgehead atoms. The highest BCUT2D eigenvalue weighted by Gasteiger charge is 2.21. The first-order valence-corrected chi connectivity index (χ1v) is 7.79. The SMILES string of the molecule is C=C(C)CCCCCCCCCCN1C(=O)C=CC1=O. The maximum atomic E-state index is 11.3. The number of carbonyl (C=O) groups is 2. The van der Waals surface area contributed by atoms with E-state index in [0.29, 0.717) is 6.54 Å². The van der Waals surface area contributed by atoms with Gasteiger partial charge in [0.1, 0.15) is 0 Å². The zero-order chi connectivity index (χ0) is 14.8. The van der Waals surface area contributed by atoms with Crippen LogP contribution in [0.25, 0.3) is 0 Å². The molecule has 0 aromatic carbocycles. The van der Waals surface area contributed by atoms with Crippen LogP contribution in [0.3, 0.4) is 0 Å². The largest absolute Gasteiger partial charge is 0.275 e. The summed E-state index contributed by atoms with van der Waals surface area (Å²) in [5, 5.41) is 0. The summed E-state index contributed by atoms with van der Waals surface area (Å²) < 4.78 is 0. The minimum atomic E-state index is -0.160. The van der Waals surface area contributed by atoms with Gasteiger partial charge in [-0.05, 0) is 26.2 Å². The second kappa shape index (κ2) is 9.51. The monoisotopic (exact) mass is 277 g/mol. The van der Waals surface area contributed by atoms with Crippen molar-refractivity contribution in [2.24, 2.45) is 0 Å². The van der Waals surface area contributed by atoms with Crippen LogP contribution in [0.1, 0.15) is 64.7 Å². The minimum Gasteiger partial charge on any atom is -0.275 e. The highest BCUT2D eigenvalue weighted by molar-refractivity contribution is 6.12. The van der Waals surface area contributed by atoms with Crippen molar-refractivity contribution in [3.05, 3.63) is 24.3 Å². The van der Waals surface area contributed by atoms with Gasteiger partial charge in [0, 0.05) is 18.7 Å². The van der Waals surface area contributed by atoms with Crippen LogP contribution in [0.15, 0.2) is 24.3 Å². The summed E-state index contributed by atoms with van der Waals surface area (Å²) >= 11 is 0. The molecule has 3 heteroatoms. The molecule has 1 aliphatic rings. The van der Waals surface area contributed by atoms with E-state index in [4.69, 9.17) is 0 Å². The first kappa shape index (κ1) is 16.7. The van der Waals surface area contributed by atoms with Crippen LogP contribution in [-0.4, -0.2) is 23.3 Å². The summed E-state index contributed by atoms with van der Waals surface area (Å²) in [6.07, 6.45) is 13.5. The summed E-state index contributed by atoms with van der Waals surface area (Å²) in [7, 11) is 0. The number of imide groups is 1.